The van der Waals surface area contributed by atoms with Crippen molar-refractivity contribution < 1.29 is 17.6 Å². The molecule has 0 unspecified atom stereocenters. The van der Waals surface area contributed by atoms with Gasteiger partial charge in [-0.25, -0.2) is 9.37 Å². The largest absolute Gasteiger partial charge is 0.451 e. The average Bonchev–Trinajstić information content (AvgIpc) is 2.84. The molecule has 2 aromatic heterocycles. The zero-order chi connectivity index (χ0) is 15.2. The van der Waals surface area contributed by atoms with E-state index in [1.807, 2.05) is 0 Å². The smallest absolute Gasteiger partial charge is 0.368 e. The summed E-state index contributed by atoms with van der Waals surface area (Å²) in [5.41, 5.74) is 5.39. The molecule has 0 aromatic carbocycles. The van der Waals surface area contributed by atoms with Crippen LogP contribution in [0.5, 0.6) is 0 Å². The van der Waals surface area contributed by atoms with Crippen LogP contribution in [-0.2, 0) is 19.3 Å². The number of nitrogen functional groups attached to an aromatic ring is 1. The Hall–Kier alpha value is -2.46. The lowest BCUT2D eigenvalue weighted by atomic mass is 10.3. The molecule has 112 valence electrons. The molecule has 2 N–H and O–H groups in total. The van der Waals surface area contributed by atoms with Gasteiger partial charge in [-0.1, -0.05) is 0 Å². The molecule has 3 rings (SSSR count). The Bertz CT molecular complexity index is 681. The molecule has 0 fully saturated rings. The van der Waals surface area contributed by atoms with Crippen molar-refractivity contribution in [1.29, 1.82) is 0 Å². The lowest BCUT2D eigenvalue weighted by molar-refractivity contribution is -0.147. The van der Waals surface area contributed by atoms with Gasteiger partial charge in [0.05, 0.1) is 12.7 Å². The van der Waals surface area contributed by atoms with Crippen molar-refractivity contribution >= 4 is 11.8 Å². The molecule has 0 saturated heterocycles. The molecule has 21 heavy (non-hydrogen) atoms. The molecule has 0 spiro atoms. The van der Waals surface area contributed by atoms with Gasteiger partial charge in [0, 0.05) is 13.1 Å². The predicted molar refractivity (Wildman–Crippen MR) is 62.5 cm³/mol. The number of aromatic nitrogens is 5. The lowest BCUT2D eigenvalue weighted by Gasteiger charge is -2.28. The second kappa shape index (κ2) is 4.53. The Kier molecular flexibility index (Phi) is 2.92. The van der Waals surface area contributed by atoms with Crippen molar-refractivity contribution in [2.75, 3.05) is 17.2 Å². The molecule has 0 radical (unpaired) electrons. The summed E-state index contributed by atoms with van der Waals surface area (Å²) in [5, 5.41) is 6.65. The SMILES string of the molecule is Nc1ncc(F)c(N2CCn3c(nnc3C(F)(F)F)C2)n1. The second-order valence-electron chi connectivity index (χ2n) is 4.41. The number of fused-ring (bicyclic) bond motifs is 1. The Balaban J connectivity index is 1.92. The Labute approximate surface area is 115 Å². The van der Waals surface area contributed by atoms with Crippen LogP contribution < -0.4 is 10.6 Å². The van der Waals surface area contributed by atoms with Gasteiger partial charge >= 0.3 is 6.18 Å². The van der Waals surface area contributed by atoms with Crippen LogP contribution in [0.4, 0.5) is 29.3 Å². The average molecular weight is 303 g/mol. The summed E-state index contributed by atoms with van der Waals surface area (Å²) in [5.74, 6) is -1.85. The maximum absolute atomic E-state index is 13.7. The number of nitrogens with zero attached hydrogens (tertiary/aromatic N) is 6. The molecule has 1 aliphatic heterocycles. The molecular weight excluding hydrogens is 294 g/mol. The summed E-state index contributed by atoms with van der Waals surface area (Å²) < 4.78 is 52.8. The van der Waals surface area contributed by atoms with Crippen LogP contribution in [-0.4, -0.2) is 31.3 Å². The van der Waals surface area contributed by atoms with E-state index in [0.29, 0.717) is 0 Å². The number of alkyl halides is 3. The van der Waals surface area contributed by atoms with E-state index in [4.69, 9.17) is 5.73 Å². The Morgan fingerprint density at radius 3 is 2.67 bits per heavy atom. The van der Waals surface area contributed by atoms with Crippen LogP contribution in [0.2, 0.25) is 0 Å². The summed E-state index contributed by atoms with van der Waals surface area (Å²) in [7, 11) is 0. The third-order valence-electron chi connectivity index (χ3n) is 3.05. The van der Waals surface area contributed by atoms with E-state index < -0.39 is 17.8 Å². The highest BCUT2D eigenvalue weighted by Crippen LogP contribution is 2.30. The van der Waals surface area contributed by atoms with Crippen molar-refractivity contribution in [3.63, 3.8) is 0 Å². The molecule has 11 heteroatoms. The summed E-state index contributed by atoms with van der Waals surface area (Å²) >= 11 is 0. The molecule has 2 aromatic rings. The van der Waals surface area contributed by atoms with Crippen LogP contribution >= 0.6 is 0 Å². The number of hydrogen-bond donors (Lipinski definition) is 1. The van der Waals surface area contributed by atoms with Gasteiger partial charge in [-0.3, -0.25) is 0 Å². The molecule has 1 aliphatic rings. The number of halogens is 4. The molecule has 3 heterocycles. The molecule has 0 bridgehead atoms. The first-order chi connectivity index (χ1) is 9.86. The highest BCUT2D eigenvalue weighted by atomic mass is 19.4. The maximum Gasteiger partial charge on any atom is 0.451 e. The molecular formula is C10H9F4N7. The van der Waals surface area contributed by atoms with E-state index in [-0.39, 0.29) is 37.2 Å². The highest BCUT2D eigenvalue weighted by molar-refractivity contribution is 5.43. The highest BCUT2D eigenvalue weighted by Gasteiger charge is 2.39. The second-order valence-corrected chi connectivity index (χ2v) is 4.41. The van der Waals surface area contributed by atoms with Crippen molar-refractivity contribution in [1.82, 2.24) is 24.7 Å². The molecule has 0 atom stereocenters. The molecule has 0 saturated carbocycles. The maximum atomic E-state index is 13.7. The number of hydrogen-bond acceptors (Lipinski definition) is 6. The first-order valence-electron chi connectivity index (χ1n) is 5.88. The van der Waals surface area contributed by atoms with Crippen LogP contribution in [0.15, 0.2) is 6.20 Å². The van der Waals surface area contributed by atoms with E-state index in [1.54, 1.807) is 0 Å². The standard InChI is InChI=1S/C10H9F4N7/c11-5-3-16-9(15)17-7(5)20-1-2-21-6(4-20)18-19-8(21)10(12,13)14/h3H,1-2,4H2,(H2,15,16,17). The quantitative estimate of drug-likeness (QED) is 0.785. The van der Waals surface area contributed by atoms with Gasteiger partial charge in [-0.05, 0) is 0 Å². The predicted octanol–water partition coefficient (Wildman–Crippen LogP) is 0.828. The monoisotopic (exact) mass is 303 g/mol. The van der Waals surface area contributed by atoms with E-state index in [1.165, 1.54) is 4.90 Å². The van der Waals surface area contributed by atoms with E-state index in [9.17, 15) is 17.6 Å². The Morgan fingerprint density at radius 1 is 1.19 bits per heavy atom. The fourth-order valence-corrected chi connectivity index (χ4v) is 2.14. The first kappa shape index (κ1) is 13.5. The van der Waals surface area contributed by atoms with Crippen molar-refractivity contribution in [2.45, 2.75) is 19.3 Å². The molecule has 7 nitrogen and oxygen atoms in total. The van der Waals surface area contributed by atoms with Crippen molar-refractivity contribution in [3.8, 4) is 0 Å². The lowest BCUT2D eigenvalue weighted by Crippen LogP contribution is -2.36. The van der Waals surface area contributed by atoms with Gasteiger partial charge in [-0.15, -0.1) is 10.2 Å². The minimum Gasteiger partial charge on any atom is -0.368 e. The first-order valence-corrected chi connectivity index (χ1v) is 5.88. The minimum atomic E-state index is -4.57. The minimum absolute atomic E-state index is 0.0273. The van der Waals surface area contributed by atoms with Crippen LogP contribution in [0.25, 0.3) is 0 Å². The molecule has 0 aliphatic carbocycles. The van der Waals surface area contributed by atoms with Crippen LogP contribution in [0.3, 0.4) is 0 Å². The van der Waals surface area contributed by atoms with E-state index in [0.717, 1.165) is 10.8 Å². The van der Waals surface area contributed by atoms with Gasteiger partial charge in [0.15, 0.2) is 17.5 Å². The van der Waals surface area contributed by atoms with Gasteiger partial charge in [0.1, 0.15) is 0 Å². The van der Waals surface area contributed by atoms with Gasteiger partial charge < -0.3 is 15.2 Å². The van der Waals surface area contributed by atoms with Crippen LogP contribution in [0.1, 0.15) is 11.6 Å². The zero-order valence-electron chi connectivity index (χ0n) is 10.5. The summed E-state index contributed by atoms with van der Waals surface area (Å²) in [6, 6.07) is 0. The van der Waals surface area contributed by atoms with Crippen LogP contribution in [0, 0.1) is 5.82 Å². The third-order valence-corrected chi connectivity index (χ3v) is 3.05. The normalized spacial score (nSPS) is 15.1. The topological polar surface area (TPSA) is 85.8 Å². The van der Waals surface area contributed by atoms with E-state index in [2.05, 4.69) is 20.2 Å². The number of rotatable bonds is 1. The zero-order valence-corrected chi connectivity index (χ0v) is 10.5. The van der Waals surface area contributed by atoms with Gasteiger partial charge in [-0.2, -0.15) is 18.2 Å². The van der Waals surface area contributed by atoms with Gasteiger partial charge in [0.25, 0.3) is 0 Å². The van der Waals surface area contributed by atoms with Crippen molar-refractivity contribution in [3.05, 3.63) is 23.7 Å². The third kappa shape index (κ3) is 2.34. The fourth-order valence-electron chi connectivity index (χ4n) is 2.14. The Morgan fingerprint density at radius 2 is 1.95 bits per heavy atom. The summed E-state index contributed by atoms with van der Waals surface area (Å²) in [4.78, 5) is 8.70. The summed E-state index contributed by atoms with van der Waals surface area (Å²) in [6.07, 6.45) is -3.66. The summed E-state index contributed by atoms with van der Waals surface area (Å²) in [6.45, 7) is 0.0540. The van der Waals surface area contributed by atoms with Crippen molar-refractivity contribution in [2.24, 2.45) is 0 Å². The van der Waals surface area contributed by atoms with Gasteiger partial charge in [0.2, 0.25) is 11.8 Å². The molecule has 0 amide bonds. The fraction of sp³-hybridized carbons (Fsp3) is 0.400. The number of nitrogens with two attached hydrogens (primary N) is 1. The number of anilines is 2. The van der Waals surface area contributed by atoms with E-state index >= 15 is 0 Å².